The summed E-state index contributed by atoms with van der Waals surface area (Å²) in [5, 5.41) is 12.8. The maximum Gasteiger partial charge on any atom is 0.322 e. The fraction of sp³-hybridized carbons (Fsp3) is 0.263. The predicted octanol–water partition coefficient (Wildman–Crippen LogP) is 2.28. The van der Waals surface area contributed by atoms with Gasteiger partial charge in [0.25, 0.3) is 0 Å². The maximum atomic E-state index is 11.4. The molecule has 0 amide bonds. The molecule has 0 bridgehead atoms. The summed E-state index contributed by atoms with van der Waals surface area (Å²) in [7, 11) is 0. The normalized spacial score (nSPS) is 11.5. The molecule has 6 heteroatoms. The highest BCUT2D eigenvalue weighted by Gasteiger charge is 2.17. The van der Waals surface area contributed by atoms with E-state index in [0.717, 1.165) is 24.9 Å². The van der Waals surface area contributed by atoms with Crippen molar-refractivity contribution in [2.75, 3.05) is 6.54 Å². The van der Waals surface area contributed by atoms with Crippen LogP contribution in [0.4, 0.5) is 0 Å². The topological polar surface area (TPSA) is 73.4 Å². The van der Waals surface area contributed by atoms with Gasteiger partial charge in [0.1, 0.15) is 6.04 Å². The van der Waals surface area contributed by atoms with Gasteiger partial charge in [0.2, 0.25) is 0 Å². The van der Waals surface area contributed by atoms with Gasteiger partial charge in [0.05, 0.1) is 0 Å². The second kappa shape index (κ2) is 10.4. The summed E-state index contributed by atoms with van der Waals surface area (Å²) in [5.74, 6) is -0.928. The fourth-order valence-corrected chi connectivity index (χ4v) is 2.55. The van der Waals surface area contributed by atoms with Crippen LogP contribution in [0.3, 0.4) is 0 Å². The number of carboxylic acids is 1. The van der Waals surface area contributed by atoms with E-state index in [9.17, 15) is 9.90 Å². The highest BCUT2D eigenvalue weighted by molar-refractivity contribution is 7.80. The summed E-state index contributed by atoms with van der Waals surface area (Å²) in [6, 6.07) is 19.0. The second-order valence-electron chi connectivity index (χ2n) is 5.69. The molecule has 0 aliphatic rings. The van der Waals surface area contributed by atoms with Gasteiger partial charge in [-0.2, -0.15) is 0 Å². The van der Waals surface area contributed by atoms with Crippen molar-refractivity contribution < 1.29 is 9.90 Å². The van der Waals surface area contributed by atoms with Gasteiger partial charge in [-0.3, -0.25) is 10.2 Å². The maximum absolute atomic E-state index is 11.4. The van der Waals surface area contributed by atoms with E-state index in [-0.39, 0.29) is 0 Å². The Bertz CT molecular complexity index is 665. The molecule has 0 heterocycles. The van der Waals surface area contributed by atoms with Crippen molar-refractivity contribution >= 4 is 23.3 Å². The molecular weight excluding hydrogens is 334 g/mol. The zero-order valence-corrected chi connectivity index (χ0v) is 14.8. The molecule has 0 fully saturated rings. The molecule has 2 aromatic rings. The summed E-state index contributed by atoms with van der Waals surface area (Å²) in [6.07, 6.45) is 2.29. The van der Waals surface area contributed by atoms with E-state index in [0.29, 0.717) is 11.5 Å². The van der Waals surface area contributed by atoms with Gasteiger partial charge in [-0.1, -0.05) is 60.7 Å². The Hall–Kier alpha value is -2.44. The van der Waals surface area contributed by atoms with Crippen molar-refractivity contribution in [1.29, 1.82) is 0 Å². The molecule has 1 atom stereocenters. The van der Waals surface area contributed by atoms with Crippen LogP contribution in [-0.2, 0) is 17.6 Å². The molecule has 0 unspecified atom stereocenters. The average molecular weight is 357 g/mol. The van der Waals surface area contributed by atoms with Crippen molar-refractivity contribution in [1.82, 2.24) is 16.2 Å². The van der Waals surface area contributed by atoms with Crippen LogP contribution in [0.15, 0.2) is 60.7 Å². The van der Waals surface area contributed by atoms with Crippen molar-refractivity contribution in [3.8, 4) is 0 Å². The molecule has 132 valence electrons. The van der Waals surface area contributed by atoms with Gasteiger partial charge in [0.15, 0.2) is 5.11 Å². The van der Waals surface area contributed by atoms with Crippen molar-refractivity contribution in [2.24, 2.45) is 0 Å². The Morgan fingerprint density at radius 1 is 1.00 bits per heavy atom. The molecule has 2 rings (SSSR count). The molecule has 0 saturated heterocycles. The van der Waals surface area contributed by atoms with Crippen LogP contribution in [-0.4, -0.2) is 28.8 Å². The summed E-state index contributed by atoms with van der Waals surface area (Å²) < 4.78 is 0. The first-order chi connectivity index (χ1) is 12.1. The van der Waals surface area contributed by atoms with Crippen molar-refractivity contribution in [3.05, 3.63) is 71.8 Å². The molecule has 0 saturated carbocycles. The van der Waals surface area contributed by atoms with E-state index in [4.69, 9.17) is 12.2 Å². The molecule has 4 N–H and O–H groups in total. The smallest absolute Gasteiger partial charge is 0.322 e. The third-order valence-electron chi connectivity index (χ3n) is 3.71. The summed E-state index contributed by atoms with van der Waals surface area (Å²) in [6.45, 7) is 0.721. The van der Waals surface area contributed by atoms with Crippen LogP contribution in [0, 0.1) is 0 Å². The quantitative estimate of drug-likeness (QED) is 0.314. The third kappa shape index (κ3) is 7.32. The summed E-state index contributed by atoms with van der Waals surface area (Å²) in [4.78, 5) is 11.4. The average Bonchev–Trinajstić information content (AvgIpc) is 2.63. The lowest BCUT2D eigenvalue weighted by Crippen LogP contribution is -2.52. The molecule has 5 nitrogen and oxygen atoms in total. The van der Waals surface area contributed by atoms with E-state index < -0.39 is 12.0 Å². The number of aliphatic carboxylic acids is 1. The van der Waals surface area contributed by atoms with E-state index in [1.165, 1.54) is 5.56 Å². The molecule has 25 heavy (non-hydrogen) atoms. The van der Waals surface area contributed by atoms with Crippen LogP contribution < -0.4 is 16.2 Å². The molecule has 0 spiro atoms. The van der Waals surface area contributed by atoms with E-state index >= 15 is 0 Å². The van der Waals surface area contributed by atoms with Gasteiger partial charge >= 0.3 is 5.97 Å². The molecule has 0 aliphatic heterocycles. The SMILES string of the molecule is O=C(O)[C@H](Cc1ccccc1)NNC(=S)NCCCc1ccccc1. The number of hydrazine groups is 1. The largest absolute Gasteiger partial charge is 0.480 e. The lowest BCUT2D eigenvalue weighted by molar-refractivity contribution is -0.139. The Morgan fingerprint density at radius 3 is 2.20 bits per heavy atom. The van der Waals surface area contributed by atoms with Gasteiger partial charge in [-0.15, -0.1) is 0 Å². The molecule has 0 aliphatic carbocycles. The first-order valence-corrected chi connectivity index (χ1v) is 8.66. The Morgan fingerprint density at radius 2 is 1.60 bits per heavy atom. The first-order valence-electron chi connectivity index (χ1n) is 8.25. The third-order valence-corrected chi connectivity index (χ3v) is 3.96. The fourth-order valence-electron chi connectivity index (χ4n) is 2.39. The van der Waals surface area contributed by atoms with Gasteiger partial charge < -0.3 is 10.4 Å². The highest BCUT2D eigenvalue weighted by Crippen LogP contribution is 2.03. The zero-order valence-electron chi connectivity index (χ0n) is 13.9. The Balaban J connectivity index is 1.67. The minimum Gasteiger partial charge on any atom is -0.480 e. The number of carbonyl (C=O) groups is 1. The highest BCUT2D eigenvalue weighted by atomic mass is 32.1. The number of carboxylic acid groups (broad SMARTS) is 1. The lowest BCUT2D eigenvalue weighted by atomic mass is 10.1. The minimum absolute atomic E-state index is 0.375. The molecule has 0 radical (unpaired) electrons. The van der Waals surface area contributed by atoms with Crippen LogP contribution in [0.25, 0.3) is 0 Å². The number of benzene rings is 2. The van der Waals surface area contributed by atoms with Crippen LogP contribution in [0.2, 0.25) is 0 Å². The summed E-state index contributed by atoms with van der Waals surface area (Å²) in [5.41, 5.74) is 7.78. The van der Waals surface area contributed by atoms with Crippen LogP contribution >= 0.6 is 12.2 Å². The van der Waals surface area contributed by atoms with Crippen LogP contribution in [0.5, 0.6) is 0 Å². The monoisotopic (exact) mass is 357 g/mol. The van der Waals surface area contributed by atoms with E-state index in [1.807, 2.05) is 48.5 Å². The Kier molecular flexibility index (Phi) is 7.88. The second-order valence-corrected chi connectivity index (χ2v) is 6.10. The number of rotatable bonds is 9. The van der Waals surface area contributed by atoms with E-state index in [1.54, 1.807) is 0 Å². The van der Waals surface area contributed by atoms with Gasteiger partial charge in [-0.25, -0.2) is 5.43 Å². The molecular formula is C19H23N3O2S. The number of aryl methyl sites for hydroxylation is 1. The first kappa shape index (κ1) is 18.9. The van der Waals surface area contributed by atoms with Gasteiger partial charge in [-0.05, 0) is 36.2 Å². The predicted molar refractivity (Wildman–Crippen MR) is 103 cm³/mol. The molecule has 2 aromatic carbocycles. The number of hydrogen-bond acceptors (Lipinski definition) is 3. The van der Waals surface area contributed by atoms with Crippen molar-refractivity contribution in [2.45, 2.75) is 25.3 Å². The lowest BCUT2D eigenvalue weighted by Gasteiger charge is -2.17. The minimum atomic E-state index is -0.928. The van der Waals surface area contributed by atoms with Gasteiger partial charge in [0, 0.05) is 13.0 Å². The number of hydrogen-bond donors (Lipinski definition) is 4. The molecule has 0 aromatic heterocycles. The summed E-state index contributed by atoms with van der Waals surface area (Å²) >= 11 is 5.18. The number of nitrogens with one attached hydrogen (secondary N) is 3. The zero-order chi connectivity index (χ0) is 17.9. The van der Waals surface area contributed by atoms with Crippen molar-refractivity contribution in [3.63, 3.8) is 0 Å². The van der Waals surface area contributed by atoms with E-state index in [2.05, 4.69) is 28.3 Å². The standard InChI is InChI=1S/C19H23N3O2S/c23-18(24)17(14-16-10-5-2-6-11-16)21-22-19(25)20-13-7-12-15-8-3-1-4-9-15/h1-6,8-11,17,21H,7,12-14H2,(H,23,24)(H2,20,22,25)/t17-/m0/s1. The number of thiocarbonyl (C=S) groups is 1. The van der Waals surface area contributed by atoms with Crippen LogP contribution in [0.1, 0.15) is 17.5 Å². The Labute approximate surface area is 153 Å².